The SMILES string of the molecule is COc1ccc(C(C)Nc2ccc(C(=O)O)cc2Br)cc1. The number of ether oxygens (including phenoxy) is 1. The maximum absolute atomic E-state index is 10.9. The molecule has 0 aromatic heterocycles. The monoisotopic (exact) mass is 349 g/mol. The van der Waals surface area contributed by atoms with Crippen LogP contribution in [0.5, 0.6) is 5.75 Å². The van der Waals surface area contributed by atoms with Crippen molar-refractivity contribution in [3.8, 4) is 5.75 Å². The first-order chi connectivity index (χ1) is 10.0. The Morgan fingerprint density at radius 2 is 1.90 bits per heavy atom. The molecule has 0 heterocycles. The molecule has 0 aliphatic rings. The van der Waals surface area contributed by atoms with Gasteiger partial charge in [-0.15, -0.1) is 0 Å². The molecule has 4 nitrogen and oxygen atoms in total. The van der Waals surface area contributed by atoms with Crippen LogP contribution in [0.4, 0.5) is 5.69 Å². The van der Waals surface area contributed by atoms with Gasteiger partial charge in [-0.3, -0.25) is 0 Å². The second kappa shape index (κ2) is 6.63. The van der Waals surface area contributed by atoms with Crippen molar-refractivity contribution in [3.63, 3.8) is 0 Å². The molecule has 0 saturated heterocycles. The molecule has 0 saturated carbocycles. The second-order valence-corrected chi connectivity index (χ2v) is 5.49. The molecule has 0 bridgehead atoms. The van der Waals surface area contributed by atoms with Crippen LogP contribution in [-0.4, -0.2) is 18.2 Å². The topological polar surface area (TPSA) is 58.6 Å². The highest BCUT2D eigenvalue weighted by atomic mass is 79.9. The van der Waals surface area contributed by atoms with E-state index < -0.39 is 5.97 Å². The molecule has 21 heavy (non-hydrogen) atoms. The standard InChI is InChI=1S/C16H16BrNO3/c1-10(11-3-6-13(21-2)7-4-11)18-15-8-5-12(16(19)20)9-14(15)17/h3-10,18H,1-2H3,(H,19,20). The summed E-state index contributed by atoms with van der Waals surface area (Å²) >= 11 is 3.39. The highest BCUT2D eigenvalue weighted by Crippen LogP contribution is 2.28. The number of aromatic carboxylic acids is 1. The van der Waals surface area contributed by atoms with Crippen LogP contribution >= 0.6 is 15.9 Å². The minimum atomic E-state index is -0.939. The molecule has 2 aromatic rings. The van der Waals surface area contributed by atoms with Crippen LogP contribution in [0.2, 0.25) is 0 Å². The van der Waals surface area contributed by atoms with Crippen molar-refractivity contribution in [1.29, 1.82) is 0 Å². The van der Waals surface area contributed by atoms with Crippen molar-refractivity contribution in [1.82, 2.24) is 0 Å². The number of rotatable bonds is 5. The van der Waals surface area contributed by atoms with E-state index in [9.17, 15) is 4.79 Å². The van der Waals surface area contributed by atoms with Crippen molar-refractivity contribution in [2.24, 2.45) is 0 Å². The van der Waals surface area contributed by atoms with Crippen molar-refractivity contribution >= 4 is 27.6 Å². The molecular formula is C16H16BrNO3. The van der Waals surface area contributed by atoms with Crippen LogP contribution in [0.15, 0.2) is 46.9 Å². The van der Waals surface area contributed by atoms with Crippen LogP contribution in [0, 0.1) is 0 Å². The first-order valence-electron chi connectivity index (χ1n) is 6.44. The molecule has 0 radical (unpaired) electrons. The van der Waals surface area contributed by atoms with Crippen molar-refractivity contribution < 1.29 is 14.6 Å². The Bertz CT molecular complexity index is 640. The Hall–Kier alpha value is -2.01. The number of benzene rings is 2. The van der Waals surface area contributed by atoms with Gasteiger partial charge in [-0.2, -0.15) is 0 Å². The lowest BCUT2D eigenvalue weighted by atomic mass is 10.1. The number of carboxylic acid groups (broad SMARTS) is 1. The van der Waals surface area contributed by atoms with Gasteiger partial charge in [0.05, 0.1) is 12.7 Å². The van der Waals surface area contributed by atoms with E-state index in [-0.39, 0.29) is 11.6 Å². The molecule has 2 N–H and O–H groups in total. The average molecular weight is 350 g/mol. The highest BCUT2D eigenvalue weighted by molar-refractivity contribution is 9.10. The maximum atomic E-state index is 10.9. The Labute approximate surface area is 131 Å². The Kier molecular flexibility index (Phi) is 4.85. The summed E-state index contributed by atoms with van der Waals surface area (Å²) in [5, 5.41) is 12.3. The number of anilines is 1. The molecule has 2 rings (SSSR count). The molecule has 2 aromatic carbocycles. The zero-order chi connectivity index (χ0) is 15.4. The Morgan fingerprint density at radius 1 is 1.24 bits per heavy atom. The van der Waals surface area contributed by atoms with Crippen molar-refractivity contribution in [2.45, 2.75) is 13.0 Å². The molecule has 0 spiro atoms. The Balaban J connectivity index is 2.14. The lowest BCUT2D eigenvalue weighted by molar-refractivity contribution is 0.0697. The predicted octanol–water partition coefficient (Wildman–Crippen LogP) is 4.33. The second-order valence-electron chi connectivity index (χ2n) is 4.64. The minimum Gasteiger partial charge on any atom is -0.497 e. The number of methoxy groups -OCH3 is 1. The van der Waals surface area contributed by atoms with E-state index in [0.717, 1.165) is 21.5 Å². The van der Waals surface area contributed by atoms with Gasteiger partial charge in [0.1, 0.15) is 5.75 Å². The zero-order valence-electron chi connectivity index (χ0n) is 11.8. The molecule has 0 aliphatic heterocycles. The lowest BCUT2D eigenvalue weighted by Crippen LogP contribution is -2.07. The van der Waals surface area contributed by atoms with E-state index in [1.165, 1.54) is 0 Å². The van der Waals surface area contributed by atoms with E-state index >= 15 is 0 Å². The predicted molar refractivity (Wildman–Crippen MR) is 86.1 cm³/mol. The smallest absolute Gasteiger partial charge is 0.335 e. The quantitative estimate of drug-likeness (QED) is 0.843. The first-order valence-corrected chi connectivity index (χ1v) is 7.24. The van der Waals surface area contributed by atoms with Crippen molar-refractivity contribution in [2.75, 3.05) is 12.4 Å². The summed E-state index contributed by atoms with van der Waals surface area (Å²) in [6.45, 7) is 2.04. The third-order valence-electron chi connectivity index (χ3n) is 3.20. The number of halogens is 1. The van der Waals surface area contributed by atoms with E-state index in [0.29, 0.717) is 0 Å². The summed E-state index contributed by atoms with van der Waals surface area (Å²) in [5.74, 6) is -0.122. The number of hydrogen-bond acceptors (Lipinski definition) is 3. The largest absolute Gasteiger partial charge is 0.497 e. The summed E-state index contributed by atoms with van der Waals surface area (Å²) in [7, 11) is 1.64. The van der Waals surface area contributed by atoms with Crippen LogP contribution in [0.1, 0.15) is 28.9 Å². The molecular weight excluding hydrogens is 334 g/mol. The highest BCUT2D eigenvalue weighted by Gasteiger charge is 2.10. The van der Waals surface area contributed by atoms with E-state index in [1.54, 1.807) is 25.3 Å². The minimum absolute atomic E-state index is 0.0860. The molecule has 5 heteroatoms. The zero-order valence-corrected chi connectivity index (χ0v) is 13.3. The summed E-state index contributed by atoms with van der Waals surface area (Å²) in [6, 6.07) is 12.8. The van der Waals surface area contributed by atoms with Gasteiger partial charge in [-0.25, -0.2) is 4.79 Å². The fraction of sp³-hybridized carbons (Fsp3) is 0.188. The average Bonchev–Trinajstić information content (AvgIpc) is 2.49. The van der Waals surface area contributed by atoms with E-state index in [2.05, 4.69) is 21.2 Å². The van der Waals surface area contributed by atoms with Crippen LogP contribution in [-0.2, 0) is 0 Å². The van der Waals surface area contributed by atoms with Gasteiger partial charge >= 0.3 is 5.97 Å². The van der Waals surface area contributed by atoms with Crippen molar-refractivity contribution in [3.05, 3.63) is 58.1 Å². The van der Waals surface area contributed by atoms with Gasteiger partial charge in [0.2, 0.25) is 0 Å². The molecule has 0 fully saturated rings. The third-order valence-corrected chi connectivity index (χ3v) is 3.86. The van der Waals surface area contributed by atoms with Gasteiger partial charge in [0.25, 0.3) is 0 Å². The molecule has 0 amide bonds. The van der Waals surface area contributed by atoms with Gasteiger partial charge < -0.3 is 15.2 Å². The van der Waals surface area contributed by atoms with Gasteiger partial charge in [-0.05, 0) is 58.7 Å². The van der Waals surface area contributed by atoms with Crippen LogP contribution < -0.4 is 10.1 Å². The number of hydrogen-bond donors (Lipinski definition) is 2. The Morgan fingerprint density at radius 3 is 2.43 bits per heavy atom. The number of carbonyl (C=O) groups is 1. The fourth-order valence-corrected chi connectivity index (χ4v) is 2.47. The van der Waals surface area contributed by atoms with Crippen LogP contribution in [0.25, 0.3) is 0 Å². The summed E-state index contributed by atoms with van der Waals surface area (Å²) in [4.78, 5) is 10.9. The maximum Gasteiger partial charge on any atom is 0.335 e. The van der Waals surface area contributed by atoms with E-state index in [4.69, 9.17) is 9.84 Å². The third kappa shape index (κ3) is 3.76. The summed E-state index contributed by atoms with van der Waals surface area (Å²) in [6.07, 6.45) is 0. The fourth-order valence-electron chi connectivity index (χ4n) is 1.97. The molecule has 1 unspecified atom stereocenters. The molecule has 110 valence electrons. The normalized spacial score (nSPS) is 11.8. The van der Waals surface area contributed by atoms with Gasteiger partial charge in [0, 0.05) is 16.2 Å². The summed E-state index contributed by atoms with van der Waals surface area (Å²) < 4.78 is 5.86. The molecule has 1 atom stereocenters. The molecule has 0 aliphatic carbocycles. The van der Waals surface area contributed by atoms with Gasteiger partial charge in [0.15, 0.2) is 0 Å². The van der Waals surface area contributed by atoms with E-state index in [1.807, 2.05) is 31.2 Å². The summed E-state index contributed by atoms with van der Waals surface area (Å²) in [5.41, 5.74) is 2.22. The van der Waals surface area contributed by atoms with Crippen LogP contribution in [0.3, 0.4) is 0 Å². The van der Waals surface area contributed by atoms with Gasteiger partial charge in [-0.1, -0.05) is 12.1 Å². The number of nitrogens with one attached hydrogen (secondary N) is 1. The number of carboxylic acids is 1. The first kappa shape index (κ1) is 15.4. The lowest BCUT2D eigenvalue weighted by Gasteiger charge is -2.17.